The molecule has 16 heavy (non-hydrogen) atoms. The van der Waals surface area contributed by atoms with Crippen molar-refractivity contribution < 1.29 is 24.2 Å². The number of nitrogens with zero attached hydrogens (tertiary/aromatic N) is 1. The molecule has 0 rings (SSSR count). The molecule has 0 fully saturated rings. The first-order chi connectivity index (χ1) is 7.47. The molecular formula is C10H19NO5. The average Bonchev–Trinajstić information content (AvgIpc) is 2.20. The van der Waals surface area contributed by atoms with Gasteiger partial charge in [-0.05, 0) is 13.8 Å². The van der Waals surface area contributed by atoms with Gasteiger partial charge in [0, 0.05) is 13.7 Å². The summed E-state index contributed by atoms with van der Waals surface area (Å²) >= 11 is 0. The van der Waals surface area contributed by atoms with Crippen molar-refractivity contribution in [3.63, 3.8) is 0 Å². The highest BCUT2D eigenvalue weighted by Gasteiger charge is 2.16. The van der Waals surface area contributed by atoms with Gasteiger partial charge in [-0.1, -0.05) is 0 Å². The van der Waals surface area contributed by atoms with Crippen LogP contribution in [0.5, 0.6) is 0 Å². The lowest BCUT2D eigenvalue weighted by Gasteiger charge is -2.20. The van der Waals surface area contributed by atoms with Crippen LogP contribution in [0.15, 0.2) is 0 Å². The number of carbonyl (C=O) groups is 2. The van der Waals surface area contributed by atoms with Gasteiger partial charge in [-0.3, -0.25) is 9.59 Å². The van der Waals surface area contributed by atoms with Crippen LogP contribution in [0.25, 0.3) is 0 Å². The van der Waals surface area contributed by atoms with Crippen molar-refractivity contribution in [3.8, 4) is 0 Å². The van der Waals surface area contributed by atoms with E-state index in [9.17, 15) is 9.59 Å². The fourth-order valence-electron chi connectivity index (χ4n) is 0.986. The number of amides is 1. The van der Waals surface area contributed by atoms with Gasteiger partial charge in [0.2, 0.25) is 5.91 Å². The third-order valence-electron chi connectivity index (χ3n) is 1.78. The molecule has 0 atom stereocenters. The second-order valence-corrected chi connectivity index (χ2v) is 3.56. The summed E-state index contributed by atoms with van der Waals surface area (Å²) in [7, 11) is 1.49. The molecule has 0 saturated heterocycles. The summed E-state index contributed by atoms with van der Waals surface area (Å²) in [5.41, 5.74) is 0. The molecule has 0 aliphatic heterocycles. The van der Waals surface area contributed by atoms with E-state index in [4.69, 9.17) is 14.6 Å². The fraction of sp³-hybridized carbons (Fsp3) is 0.800. The minimum Gasteiger partial charge on any atom is -0.480 e. The maximum atomic E-state index is 11.6. The summed E-state index contributed by atoms with van der Waals surface area (Å²) in [4.78, 5) is 23.3. The Morgan fingerprint density at radius 3 is 2.44 bits per heavy atom. The van der Waals surface area contributed by atoms with Gasteiger partial charge in [-0.25, -0.2) is 0 Å². The quantitative estimate of drug-likeness (QED) is 0.637. The Bertz CT molecular complexity index is 229. The molecule has 6 heteroatoms. The maximum absolute atomic E-state index is 11.6. The summed E-state index contributed by atoms with van der Waals surface area (Å²) in [6.07, 6.45) is -0.0574. The van der Waals surface area contributed by atoms with Crippen molar-refractivity contribution in [2.45, 2.75) is 20.0 Å². The molecular weight excluding hydrogens is 214 g/mol. The van der Waals surface area contributed by atoms with Crippen LogP contribution in [0, 0.1) is 0 Å². The Labute approximate surface area is 95.1 Å². The van der Waals surface area contributed by atoms with Crippen LogP contribution in [-0.4, -0.2) is 61.4 Å². The molecule has 0 aromatic heterocycles. The number of carboxylic acid groups (broad SMARTS) is 1. The van der Waals surface area contributed by atoms with Crippen molar-refractivity contribution in [1.29, 1.82) is 0 Å². The number of hydrogen-bond acceptors (Lipinski definition) is 4. The Kier molecular flexibility index (Phi) is 7.49. The second-order valence-electron chi connectivity index (χ2n) is 3.56. The Morgan fingerprint density at radius 1 is 1.38 bits per heavy atom. The number of carbonyl (C=O) groups excluding carboxylic acids is 1. The Balaban J connectivity index is 4.14. The van der Waals surface area contributed by atoms with Crippen molar-refractivity contribution in [3.05, 3.63) is 0 Å². The molecule has 0 radical (unpaired) electrons. The fourth-order valence-corrected chi connectivity index (χ4v) is 0.986. The smallest absolute Gasteiger partial charge is 0.323 e. The van der Waals surface area contributed by atoms with Gasteiger partial charge in [-0.2, -0.15) is 0 Å². The number of carboxylic acids is 1. The van der Waals surface area contributed by atoms with Gasteiger partial charge in [0.15, 0.2) is 0 Å². The zero-order valence-electron chi connectivity index (χ0n) is 9.93. The first-order valence-electron chi connectivity index (χ1n) is 5.07. The van der Waals surface area contributed by atoms with Crippen LogP contribution >= 0.6 is 0 Å². The lowest BCUT2D eigenvalue weighted by atomic mass is 10.4. The van der Waals surface area contributed by atoms with Gasteiger partial charge < -0.3 is 19.5 Å². The SMILES string of the molecule is COCCN(CC(=O)O)C(=O)COC(C)C. The summed E-state index contributed by atoms with van der Waals surface area (Å²) < 4.78 is 9.92. The molecule has 0 saturated carbocycles. The number of methoxy groups -OCH3 is 1. The number of hydrogen-bond donors (Lipinski definition) is 1. The molecule has 0 aromatic carbocycles. The van der Waals surface area contributed by atoms with Gasteiger partial charge >= 0.3 is 5.97 Å². The average molecular weight is 233 g/mol. The van der Waals surface area contributed by atoms with Crippen molar-refractivity contribution in [2.24, 2.45) is 0 Å². The Morgan fingerprint density at radius 2 is 2.00 bits per heavy atom. The van der Waals surface area contributed by atoms with Crippen LogP contribution in [0.2, 0.25) is 0 Å². The zero-order valence-corrected chi connectivity index (χ0v) is 9.93. The minimum atomic E-state index is -1.05. The van der Waals surface area contributed by atoms with E-state index in [0.717, 1.165) is 0 Å². The van der Waals surface area contributed by atoms with Crippen molar-refractivity contribution in [1.82, 2.24) is 4.90 Å². The highest BCUT2D eigenvalue weighted by Crippen LogP contribution is 1.94. The summed E-state index contributed by atoms with van der Waals surface area (Å²) in [5, 5.41) is 8.63. The summed E-state index contributed by atoms with van der Waals surface area (Å²) in [6, 6.07) is 0. The van der Waals surface area contributed by atoms with E-state index in [2.05, 4.69) is 0 Å². The van der Waals surface area contributed by atoms with Gasteiger partial charge in [0.1, 0.15) is 13.2 Å². The molecule has 6 nitrogen and oxygen atoms in total. The van der Waals surface area contributed by atoms with Crippen LogP contribution in [0.1, 0.15) is 13.8 Å². The van der Waals surface area contributed by atoms with E-state index in [1.807, 2.05) is 13.8 Å². The summed E-state index contributed by atoms with van der Waals surface area (Å²) in [6.45, 7) is 3.75. The van der Waals surface area contributed by atoms with E-state index < -0.39 is 5.97 Å². The molecule has 0 heterocycles. The highest BCUT2D eigenvalue weighted by atomic mass is 16.5. The van der Waals surface area contributed by atoms with Crippen molar-refractivity contribution >= 4 is 11.9 Å². The third-order valence-corrected chi connectivity index (χ3v) is 1.78. The van der Waals surface area contributed by atoms with E-state index in [1.54, 1.807) is 0 Å². The molecule has 1 N–H and O–H groups in total. The van der Waals surface area contributed by atoms with Crippen molar-refractivity contribution in [2.75, 3.05) is 33.4 Å². The summed E-state index contributed by atoms with van der Waals surface area (Å²) in [5.74, 6) is -1.39. The van der Waals surface area contributed by atoms with E-state index in [0.29, 0.717) is 6.61 Å². The van der Waals surface area contributed by atoms with E-state index in [-0.39, 0.29) is 31.7 Å². The maximum Gasteiger partial charge on any atom is 0.323 e. The molecule has 0 bridgehead atoms. The number of ether oxygens (including phenoxy) is 2. The molecule has 0 aliphatic rings. The lowest BCUT2D eigenvalue weighted by Crippen LogP contribution is -2.40. The molecule has 0 spiro atoms. The monoisotopic (exact) mass is 233 g/mol. The third kappa shape index (κ3) is 7.19. The van der Waals surface area contributed by atoms with Gasteiger partial charge in [0.25, 0.3) is 0 Å². The molecule has 0 aliphatic carbocycles. The highest BCUT2D eigenvalue weighted by molar-refractivity contribution is 5.82. The lowest BCUT2D eigenvalue weighted by molar-refractivity contribution is -0.147. The van der Waals surface area contributed by atoms with Gasteiger partial charge in [-0.15, -0.1) is 0 Å². The predicted molar refractivity (Wildman–Crippen MR) is 57.2 cm³/mol. The molecule has 1 amide bonds. The zero-order chi connectivity index (χ0) is 12.6. The first kappa shape index (κ1) is 14.9. The van der Waals surface area contributed by atoms with E-state index >= 15 is 0 Å². The second kappa shape index (κ2) is 8.06. The number of rotatable bonds is 8. The van der Waals surface area contributed by atoms with Gasteiger partial charge in [0.05, 0.1) is 12.7 Å². The van der Waals surface area contributed by atoms with Crippen LogP contribution < -0.4 is 0 Å². The Hall–Kier alpha value is -1.14. The number of aliphatic carboxylic acids is 1. The minimum absolute atomic E-state index is 0.0574. The van der Waals surface area contributed by atoms with E-state index in [1.165, 1.54) is 12.0 Å². The predicted octanol–water partition coefficient (Wildman–Crippen LogP) is -0.0290. The standard InChI is InChI=1S/C10H19NO5/c1-8(2)16-7-9(12)11(4-5-15-3)6-10(13)14/h8H,4-7H2,1-3H3,(H,13,14). The first-order valence-corrected chi connectivity index (χ1v) is 5.07. The molecule has 94 valence electrons. The normalized spacial score (nSPS) is 10.5. The van der Waals surface area contributed by atoms with Crippen LogP contribution in [0.3, 0.4) is 0 Å². The molecule has 0 aromatic rings. The topological polar surface area (TPSA) is 76.1 Å². The van der Waals surface area contributed by atoms with Crippen LogP contribution in [0.4, 0.5) is 0 Å². The molecule has 0 unspecified atom stereocenters. The van der Waals surface area contributed by atoms with Crippen LogP contribution in [-0.2, 0) is 19.1 Å². The largest absolute Gasteiger partial charge is 0.480 e.